The predicted molar refractivity (Wildman–Crippen MR) is 87.4 cm³/mol. The van der Waals surface area contributed by atoms with Gasteiger partial charge in [-0.1, -0.05) is 72.8 Å². The maximum Gasteiger partial charge on any atom is 0.0635 e. The first kappa shape index (κ1) is 15.0. The van der Waals surface area contributed by atoms with E-state index >= 15 is 0 Å². The number of benzene rings is 2. The van der Waals surface area contributed by atoms with E-state index in [1.165, 1.54) is 11.1 Å². The smallest absolute Gasteiger partial charge is 0.0635 e. The summed E-state index contributed by atoms with van der Waals surface area (Å²) in [5.41, 5.74) is 2.49. The van der Waals surface area contributed by atoms with Crippen molar-refractivity contribution in [1.82, 2.24) is 4.90 Å². The molecule has 0 saturated carbocycles. The van der Waals surface area contributed by atoms with E-state index in [4.69, 9.17) is 5.26 Å². The van der Waals surface area contributed by atoms with E-state index in [9.17, 15) is 0 Å². The molecule has 0 bridgehead atoms. The molecule has 2 aromatic rings. The molecule has 0 fully saturated rings. The molecule has 2 heteroatoms. The normalized spacial score (nSPS) is 10.9. The molecule has 0 heterocycles. The molecule has 0 N–H and O–H groups in total. The third kappa shape index (κ3) is 5.64. The third-order valence-corrected chi connectivity index (χ3v) is 3.26. The first-order chi connectivity index (χ1) is 10.4. The third-order valence-electron chi connectivity index (χ3n) is 3.26. The van der Waals surface area contributed by atoms with E-state index in [-0.39, 0.29) is 0 Å². The summed E-state index contributed by atoms with van der Waals surface area (Å²) in [4.78, 5) is 2.29. The number of nitrogens with zero attached hydrogens (tertiary/aromatic N) is 2. The summed E-state index contributed by atoms with van der Waals surface area (Å²) in [6.45, 7) is 2.53. The second-order valence-corrected chi connectivity index (χ2v) is 4.94. The summed E-state index contributed by atoms with van der Waals surface area (Å²) in [5, 5.41) is 8.79. The van der Waals surface area contributed by atoms with Gasteiger partial charge in [0.15, 0.2) is 0 Å². The molecule has 0 amide bonds. The Balaban J connectivity index is 1.93. The lowest BCUT2D eigenvalue weighted by Crippen LogP contribution is -2.24. The Hall–Kier alpha value is -2.37. The van der Waals surface area contributed by atoms with Gasteiger partial charge in [-0.3, -0.25) is 4.90 Å². The number of rotatable bonds is 7. The summed E-state index contributed by atoms with van der Waals surface area (Å²) in [5.74, 6) is 0. The van der Waals surface area contributed by atoms with Gasteiger partial charge in [0, 0.05) is 26.1 Å². The molecule has 0 unspecified atom stereocenters. The lowest BCUT2D eigenvalue weighted by atomic mass is 10.2. The van der Waals surface area contributed by atoms with Crippen molar-refractivity contribution in [2.75, 3.05) is 13.1 Å². The van der Waals surface area contributed by atoms with Crippen LogP contribution in [-0.2, 0) is 6.54 Å². The molecule has 0 aliphatic carbocycles. The maximum absolute atomic E-state index is 8.79. The Morgan fingerprint density at radius 2 is 1.62 bits per heavy atom. The highest BCUT2D eigenvalue weighted by Crippen LogP contribution is 2.06. The monoisotopic (exact) mass is 276 g/mol. The zero-order valence-electron chi connectivity index (χ0n) is 12.2. The minimum atomic E-state index is 0.562. The van der Waals surface area contributed by atoms with E-state index in [0.29, 0.717) is 6.42 Å². The fourth-order valence-corrected chi connectivity index (χ4v) is 2.19. The molecule has 0 aliphatic rings. The molecular weight excluding hydrogens is 256 g/mol. The number of nitriles is 1. The topological polar surface area (TPSA) is 27.0 Å². The lowest BCUT2D eigenvalue weighted by Gasteiger charge is -2.19. The average Bonchev–Trinajstić information content (AvgIpc) is 2.54. The summed E-state index contributed by atoms with van der Waals surface area (Å²) in [7, 11) is 0. The van der Waals surface area contributed by atoms with Gasteiger partial charge in [0.2, 0.25) is 0 Å². The average molecular weight is 276 g/mol. The van der Waals surface area contributed by atoms with Gasteiger partial charge in [-0.2, -0.15) is 5.26 Å². The van der Waals surface area contributed by atoms with Crippen LogP contribution in [0.1, 0.15) is 17.5 Å². The highest BCUT2D eigenvalue weighted by molar-refractivity contribution is 5.48. The van der Waals surface area contributed by atoms with E-state index in [2.05, 4.69) is 59.5 Å². The molecule has 106 valence electrons. The van der Waals surface area contributed by atoms with Gasteiger partial charge in [0.1, 0.15) is 0 Å². The van der Waals surface area contributed by atoms with Gasteiger partial charge in [-0.25, -0.2) is 0 Å². The fraction of sp³-hybridized carbons (Fsp3) is 0.211. The van der Waals surface area contributed by atoms with E-state index < -0.39 is 0 Å². The molecule has 2 aromatic carbocycles. The fourth-order valence-electron chi connectivity index (χ4n) is 2.19. The zero-order valence-corrected chi connectivity index (χ0v) is 12.2. The van der Waals surface area contributed by atoms with E-state index in [1.807, 2.05) is 24.3 Å². The Labute approximate surface area is 127 Å². The molecule has 0 radical (unpaired) electrons. The molecule has 0 atom stereocenters. The molecule has 0 saturated heterocycles. The summed E-state index contributed by atoms with van der Waals surface area (Å²) in [6.07, 6.45) is 4.85. The van der Waals surface area contributed by atoms with Gasteiger partial charge in [-0.05, 0) is 11.1 Å². The minimum absolute atomic E-state index is 0.562. The Morgan fingerprint density at radius 3 is 2.29 bits per heavy atom. The lowest BCUT2D eigenvalue weighted by molar-refractivity contribution is 0.302. The van der Waals surface area contributed by atoms with Crippen LogP contribution in [0, 0.1) is 11.3 Å². The second-order valence-electron chi connectivity index (χ2n) is 4.94. The minimum Gasteiger partial charge on any atom is -0.294 e. The quantitative estimate of drug-likeness (QED) is 0.760. The van der Waals surface area contributed by atoms with Crippen molar-refractivity contribution in [2.24, 2.45) is 0 Å². The van der Waals surface area contributed by atoms with Crippen molar-refractivity contribution in [3.8, 4) is 6.07 Å². The maximum atomic E-state index is 8.79. The standard InChI is InChI=1S/C19H20N2/c20-14-8-16-21(17-19-11-5-2-6-12-19)15-7-13-18-9-3-1-4-10-18/h1-7,9-13H,8,15-17H2. The van der Waals surface area contributed by atoms with Gasteiger partial charge < -0.3 is 0 Å². The molecule has 0 spiro atoms. The van der Waals surface area contributed by atoms with Gasteiger partial charge in [-0.15, -0.1) is 0 Å². The first-order valence-electron chi connectivity index (χ1n) is 7.23. The number of hydrogen-bond donors (Lipinski definition) is 0. The van der Waals surface area contributed by atoms with Crippen molar-refractivity contribution < 1.29 is 0 Å². The van der Waals surface area contributed by atoms with Crippen LogP contribution in [0.4, 0.5) is 0 Å². The second kappa shape index (κ2) is 8.73. The molecule has 0 aromatic heterocycles. The van der Waals surface area contributed by atoms with Crippen LogP contribution in [0.15, 0.2) is 66.7 Å². The molecule has 2 rings (SSSR count). The Kier molecular flexibility index (Phi) is 6.25. The van der Waals surface area contributed by atoms with Crippen LogP contribution < -0.4 is 0 Å². The SMILES string of the molecule is N#CCCN(CC=Cc1ccccc1)Cc1ccccc1. The van der Waals surface area contributed by atoms with Crippen LogP contribution >= 0.6 is 0 Å². The van der Waals surface area contributed by atoms with Crippen molar-refractivity contribution in [3.63, 3.8) is 0 Å². The zero-order chi connectivity index (χ0) is 14.8. The van der Waals surface area contributed by atoms with Gasteiger partial charge >= 0.3 is 0 Å². The van der Waals surface area contributed by atoms with Crippen molar-refractivity contribution >= 4 is 6.08 Å². The van der Waals surface area contributed by atoms with Crippen LogP contribution in [-0.4, -0.2) is 18.0 Å². The summed E-state index contributed by atoms with van der Waals surface area (Å²) in [6, 6.07) is 22.9. The van der Waals surface area contributed by atoms with Crippen LogP contribution in [0.3, 0.4) is 0 Å². The van der Waals surface area contributed by atoms with E-state index in [1.54, 1.807) is 0 Å². The van der Waals surface area contributed by atoms with E-state index in [0.717, 1.165) is 19.6 Å². The first-order valence-corrected chi connectivity index (χ1v) is 7.23. The Bertz CT molecular complexity index is 582. The van der Waals surface area contributed by atoms with Crippen molar-refractivity contribution in [1.29, 1.82) is 5.26 Å². The Morgan fingerprint density at radius 1 is 0.952 bits per heavy atom. The van der Waals surface area contributed by atoms with Gasteiger partial charge in [0.05, 0.1) is 6.07 Å². The van der Waals surface area contributed by atoms with Crippen LogP contribution in [0.2, 0.25) is 0 Å². The number of hydrogen-bond acceptors (Lipinski definition) is 2. The van der Waals surface area contributed by atoms with Crippen molar-refractivity contribution in [2.45, 2.75) is 13.0 Å². The highest BCUT2D eigenvalue weighted by Gasteiger charge is 2.03. The molecule has 2 nitrogen and oxygen atoms in total. The highest BCUT2D eigenvalue weighted by atomic mass is 15.1. The van der Waals surface area contributed by atoms with Crippen LogP contribution in [0.5, 0.6) is 0 Å². The van der Waals surface area contributed by atoms with Gasteiger partial charge in [0.25, 0.3) is 0 Å². The summed E-state index contributed by atoms with van der Waals surface area (Å²) >= 11 is 0. The predicted octanol–water partition coefficient (Wildman–Crippen LogP) is 4.12. The molecule has 21 heavy (non-hydrogen) atoms. The largest absolute Gasteiger partial charge is 0.294 e. The summed E-state index contributed by atoms with van der Waals surface area (Å²) < 4.78 is 0. The molecule has 0 aliphatic heterocycles. The van der Waals surface area contributed by atoms with Crippen LogP contribution in [0.25, 0.3) is 6.08 Å². The van der Waals surface area contributed by atoms with Crippen molar-refractivity contribution in [3.05, 3.63) is 77.9 Å². The molecular formula is C19H20N2.